The molecule has 1 aliphatic heterocycles. The van der Waals surface area contributed by atoms with Gasteiger partial charge in [0.25, 0.3) is 5.91 Å². The number of halogens is 1. The zero-order valence-electron chi connectivity index (χ0n) is 13.6. The molecule has 122 valence electrons. The van der Waals surface area contributed by atoms with Gasteiger partial charge in [0.15, 0.2) is 0 Å². The van der Waals surface area contributed by atoms with Gasteiger partial charge >= 0.3 is 0 Å². The molecule has 3 rings (SSSR count). The van der Waals surface area contributed by atoms with Gasteiger partial charge in [-0.25, -0.2) is 0 Å². The molecule has 1 unspecified atom stereocenters. The van der Waals surface area contributed by atoms with Gasteiger partial charge in [-0.3, -0.25) is 9.78 Å². The highest BCUT2D eigenvalue weighted by atomic mass is 79.9. The predicted molar refractivity (Wildman–Crippen MR) is 96.5 cm³/mol. The molecule has 1 saturated heterocycles. The minimum atomic E-state index is 0.0988. The van der Waals surface area contributed by atoms with Crippen LogP contribution in [-0.2, 0) is 0 Å². The molecule has 0 radical (unpaired) electrons. The van der Waals surface area contributed by atoms with Crippen molar-refractivity contribution in [3.05, 3.63) is 40.0 Å². The molecular weight excluding hydrogens is 354 g/mol. The van der Waals surface area contributed by atoms with Crippen LogP contribution >= 0.6 is 15.9 Å². The van der Waals surface area contributed by atoms with Gasteiger partial charge in [-0.05, 0) is 56.9 Å². The number of nitrogens with zero attached hydrogens (tertiary/aromatic N) is 2. The van der Waals surface area contributed by atoms with Crippen LogP contribution in [-0.4, -0.2) is 34.9 Å². The lowest BCUT2D eigenvalue weighted by atomic mass is 9.90. The van der Waals surface area contributed by atoms with Crippen LogP contribution in [0, 0.1) is 12.8 Å². The van der Waals surface area contributed by atoms with Crippen molar-refractivity contribution in [1.82, 2.24) is 9.88 Å². The fourth-order valence-corrected chi connectivity index (χ4v) is 3.67. The van der Waals surface area contributed by atoms with Crippen molar-refractivity contribution in [2.45, 2.75) is 32.7 Å². The Labute approximate surface area is 145 Å². The van der Waals surface area contributed by atoms with Crippen molar-refractivity contribution in [3.63, 3.8) is 0 Å². The Morgan fingerprint density at radius 2 is 2.04 bits per heavy atom. The van der Waals surface area contributed by atoms with Crippen LogP contribution < -0.4 is 5.73 Å². The van der Waals surface area contributed by atoms with Crippen LogP contribution in [0.5, 0.6) is 0 Å². The van der Waals surface area contributed by atoms with Crippen LogP contribution in [0.3, 0.4) is 0 Å². The summed E-state index contributed by atoms with van der Waals surface area (Å²) in [4.78, 5) is 19.5. The van der Waals surface area contributed by atoms with Gasteiger partial charge in [-0.1, -0.05) is 15.9 Å². The summed E-state index contributed by atoms with van der Waals surface area (Å²) in [6, 6.07) is 7.98. The average molecular weight is 376 g/mol. The SMILES string of the molecule is Cc1cc(C(=O)N2CCC(C(C)N)CC2)c2cc(Br)ccc2n1. The van der Waals surface area contributed by atoms with Gasteiger partial charge in [0, 0.05) is 34.7 Å². The maximum atomic E-state index is 13.0. The van der Waals surface area contributed by atoms with Crippen LogP contribution in [0.1, 0.15) is 35.8 Å². The topological polar surface area (TPSA) is 59.2 Å². The van der Waals surface area contributed by atoms with Gasteiger partial charge < -0.3 is 10.6 Å². The van der Waals surface area contributed by atoms with Crippen molar-refractivity contribution >= 4 is 32.7 Å². The zero-order valence-corrected chi connectivity index (χ0v) is 15.1. The lowest BCUT2D eigenvalue weighted by Crippen LogP contribution is -2.42. The van der Waals surface area contributed by atoms with Crippen molar-refractivity contribution in [2.75, 3.05) is 13.1 Å². The molecule has 1 aliphatic rings. The summed E-state index contributed by atoms with van der Waals surface area (Å²) in [6.07, 6.45) is 1.96. The lowest BCUT2D eigenvalue weighted by Gasteiger charge is -2.34. The summed E-state index contributed by atoms with van der Waals surface area (Å²) >= 11 is 3.49. The Morgan fingerprint density at radius 1 is 1.35 bits per heavy atom. The first kappa shape index (κ1) is 16.4. The first-order valence-electron chi connectivity index (χ1n) is 8.07. The van der Waals surface area contributed by atoms with Gasteiger partial charge in [-0.15, -0.1) is 0 Å². The maximum absolute atomic E-state index is 13.0. The molecule has 2 aromatic rings. The molecule has 0 bridgehead atoms. The Balaban J connectivity index is 1.91. The van der Waals surface area contributed by atoms with Crippen LogP contribution in [0.25, 0.3) is 10.9 Å². The van der Waals surface area contributed by atoms with Gasteiger partial charge in [0.2, 0.25) is 0 Å². The molecule has 1 fully saturated rings. The molecule has 4 nitrogen and oxygen atoms in total. The molecule has 5 heteroatoms. The number of amides is 1. The van der Waals surface area contributed by atoms with E-state index in [0.717, 1.165) is 52.6 Å². The minimum Gasteiger partial charge on any atom is -0.339 e. The number of fused-ring (bicyclic) bond motifs is 1. The molecule has 1 aromatic carbocycles. The second kappa shape index (κ2) is 6.57. The number of rotatable bonds is 2. The number of aryl methyl sites for hydroxylation is 1. The van der Waals surface area contributed by atoms with E-state index < -0.39 is 0 Å². The average Bonchev–Trinajstić information content (AvgIpc) is 2.54. The van der Waals surface area contributed by atoms with Crippen LogP contribution in [0.4, 0.5) is 0 Å². The van der Waals surface area contributed by atoms with Gasteiger partial charge in [-0.2, -0.15) is 0 Å². The quantitative estimate of drug-likeness (QED) is 0.873. The minimum absolute atomic E-state index is 0.0988. The van der Waals surface area contributed by atoms with E-state index >= 15 is 0 Å². The van der Waals surface area contributed by atoms with Crippen molar-refractivity contribution in [2.24, 2.45) is 11.7 Å². The van der Waals surface area contributed by atoms with E-state index in [1.165, 1.54) is 0 Å². The van der Waals surface area contributed by atoms with Crippen molar-refractivity contribution in [1.29, 1.82) is 0 Å². The van der Waals surface area contributed by atoms with Crippen LogP contribution in [0.2, 0.25) is 0 Å². The standard InChI is InChI=1S/C18H22BrN3O/c1-11-9-16(15-10-14(19)3-4-17(15)21-11)18(23)22-7-5-13(6-8-22)12(2)20/h3-4,9-10,12-13H,5-8,20H2,1-2H3. The largest absolute Gasteiger partial charge is 0.339 e. The van der Waals surface area contributed by atoms with E-state index in [9.17, 15) is 4.79 Å². The number of pyridine rings is 1. The third kappa shape index (κ3) is 3.40. The molecule has 1 amide bonds. The molecule has 0 saturated carbocycles. The summed E-state index contributed by atoms with van der Waals surface area (Å²) in [5, 5.41) is 0.907. The summed E-state index contributed by atoms with van der Waals surface area (Å²) in [6.45, 7) is 5.55. The third-order valence-corrected chi connectivity index (χ3v) is 5.19. The number of carbonyl (C=O) groups is 1. The van der Waals surface area contributed by atoms with E-state index in [2.05, 4.69) is 27.8 Å². The number of nitrogens with two attached hydrogens (primary N) is 1. The number of piperidine rings is 1. The molecule has 0 spiro atoms. The fourth-order valence-electron chi connectivity index (χ4n) is 3.31. The molecule has 23 heavy (non-hydrogen) atoms. The first-order chi connectivity index (χ1) is 11.0. The summed E-state index contributed by atoms with van der Waals surface area (Å²) in [7, 11) is 0. The van der Waals surface area contributed by atoms with Crippen LogP contribution in [0.15, 0.2) is 28.7 Å². The fraction of sp³-hybridized carbons (Fsp3) is 0.444. The van der Waals surface area contributed by atoms with Gasteiger partial charge in [0.1, 0.15) is 0 Å². The summed E-state index contributed by atoms with van der Waals surface area (Å²) in [5.74, 6) is 0.617. The van der Waals surface area contributed by atoms with Crippen molar-refractivity contribution in [3.8, 4) is 0 Å². The highest BCUT2D eigenvalue weighted by Gasteiger charge is 2.26. The van der Waals surface area contributed by atoms with E-state index in [1.54, 1.807) is 0 Å². The maximum Gasteiger partial charge on any atom is 0.254 e. The normalized spacial score (nSPS) is 17.5. The lowest BCUT2D eigenvalue weighted by molar-refractivity contribution is 0.0683. The molecule has 1 atom stereocenters. The molecule has 1 aromatic heterocycles. The van der Waals surface area contributed by atoms with E-state index in [4.69, 9.17) is 5.73 Å². The molecule has 2 heterocycles. The summed E-state index contributed by atoms with van der Waals surface area (Å²) < 4.78 is 0.959. The zero-order chi connectivity index (χ0) is 16.6. The van der Waals surface area contributed by atoms with Gasteiger partial charge in [0.05, 0.1) is 11.1 Å². The Bertz CT molecular complexity index is 736. The smallest absolute Gasteiger partial charge is 0.254 e. The number of likely N-dealkylation sites (tertiary alicyclic amines) is 1. The van der Waals surface area contributed by atoms with E-state index in [-0.39, 0.29) is 11.9 Å². The Hall–Kier alpha value is -1.46. The number of hydrogen-bond donors (Lipinski definition) is 1. The Kier molecular flexibility index (Phi) is 4.69. The second-order valence-electron chi connectivity index (χ2n) is 6.46. The molecule has 2 N–H and O–H groups in total. The van der Waals surface area contributed by atoms with Crippen molar-refractivity contribution < 1.29 is 4.79 Å². The monoisotopic (exact) mass is 375 g/mol. The van der Waals surface area contributed by atoms with E-state index in [0.29, 0.717) is 5.92 Å². The number of carbonyl (C=O) groups excluding carboxylic acids is 1. The number of hydrogen-bond acceptors (Lipinski definition) is 3. The number of aromatic nitrogens is 1. The summed E-state index contributed by atoms with van der Waals surface area (Å²) in [5.41, 5.74) is 8.47. The van der Waals surface area contributed by atoms with E-state index in [1.807, 2.05) is 36.1 Å². The predicted octanol–water partition coefficient (Wildman–Crippen LogP) is 3.51. The number of benzene rings is 1. The molecular formula is C18H22BrN3O. The highest BCUT2D eigenvalue weighted by molar-refractivity contribution is 9.10. The molecule has 0 aliphatic carbocycles. The third-order valence-electron chi connectivity index (χ3n) is 4.70. The second-order valence-corrected chi connectivity index (χ2v) is 7.38. The Morgan fingerprint density at radius 3 is 2.70 bits per heavy atom. The first-order valence-corrected chi connectivity index (χ1v) is 8.87. The highest BCUT2D eigenvalue weighted by Crippen LogP contribution is 2.26.